The van der Waals surface area contributed by atoms with Crippen LogP contribution in [0.25, 0.3) is 0 Å². The van der Waals surface area contributed by atoms with Crippen LogP contribution in [0.1, 0.15) is 39.0 Å². The summed E-state index contributed by atoms with van der Waals surface area (Å²) in [5.41, 5.74) is 0. The summed E-state index contributed by atoms with van der Waals surface area (Å²) in [7, 11) is 0. The number of hydrogen-bond acceptors (Lipinski definition) is 3. The molecule has 1 saturated heterocycles. The topological polar surface area (TPSA) is 15.3 Å². The summed E-state index contributed by atoms with van der Waals surface area (Å²) in [6, 6.07) is 0.813. The standard InChI is InChI=1S/C14H28N2S/c1-2-13-4-3-5-14(12-13)15-6-7-16-8-10-17-11-9-16/h13-15H,2-12H2,1H3. The molecule has 2 fully saturated rings. The molecule has 1 N–H and O–H groups in total. The average molecular weight is 256 g/mol. The van der Waals surface area contributed by atoms with Crippen molar-refractivity contribution in [3.8, 4) is 0 Å². The highest BCUT2D eigenvalue weighted by atomic mass is 32.2. The summed E-state index contributed by atoms with van der Waals surface area (Å²) in [6.45, 7) is 7.40. The highest BCUT2D eigenvalue weighted by Gasteiger charge is 2.20. The molecule has 2 atom stereocenters. The van der Waals surface area contributed by atoms with Gasteiger partial charge in [0.05, 0.1) is 0 Å². The van der Waals surface area contributed by atoms with E-state index >= 15 is 0 Å². The Morgan fingerprint density at radius 2 is 2.06 bits per heavy atom. The van der Waals surface area contributed by atoms with Crippen LogP contribution in [0, 0.1) is 5.92 Å². The van der Waals surface area contributed by atoms with Gasteiger partial charge in [0, 0.05) is 43.7 Å². The van der Waals surface area contributed by atoms with Crippen LogP contribution in [0.3, 0.4) is 0 Å². The molecule has 1 saturated carbocycles. The van der Waals surface area contributed by atoms with E-state index in [4.69, 9.17) is 0 Å². The lowest BCUT2D eigenvalue weighted by molar-refractivity contribution is 0.255. The summed E-state index contributed by atoms with van der Waals surface area (Å²) >= 11 is 2.10. The first-order valence-corrected chi connectivity index (χ1v) is 8.57. The first-order chi connectivity index (χ1) is 8.38. The molecule has 0 aromatic heterocycles. The van der Waals surface area contributed by atoms with Gasteiger partial charge >= 0.3 is 0 Å². The molecule has 100 valence electrons. The van der Waals surface area contributed by atoms with Crippen LogP contribution in [0.5, 0.6) is 0 Å². The van der Waals surface area contributed by atoms with E-state index in [2.05, 4.69) is 28.9 Å². The Morgan fingerprint density at radius 1 is 1.24 bits per heavy atom. The second-order valence-electron chi connectivity index (χ2n) is 5.55. The SMILES string of the molecule is CCC1CCCC(NCCN2CCSCC2)C1. The smallest absolute Gasteiger partial charge is 0.0108 e. The minimum Gasteiger partial charge on any atom is -0.313 e. The fraction of sp³-hybridized carbons (Fsp3) is 1.00. The van der Waals surface area contributed by atoms with Crippen molar-refractivity contribution in [3.05, 3.63) is 0 Å². The summed E-state index contributed by atoms with van der Waals surface area (Å²) in [6.07, 6.45) is 7.12. The molecule has 0 radical (unpaired) electrons. The van der Waals surface area contributed by atoms with Crippen molar-refractivity contribution in [1.82, 2.24) is 10.2 Å². The molecule has 1 aliphatic carbocycles. The van der Waals surface area contributed by atoms with Gasteiger partial charge in [0.15, 0.2) is 0 Å². The van der Waals surface area contributed by atoms with Crippen molar-refractivity contribution in [2.45, 2.75) is 45.1 Å². The van der Waals surface area contributed by atoms with Crippen molar-refractivity contribution < 1.29 is 0 Å². The van der Waals surface area contributed by atoms with Gasteiger partial charge in [-0.25, -0.2) is 0 Å². The summed E-state index contributed by atoms with van der Waals surface area (Å²) in [4.78, 5) is 2.61. The van der Waals surface area contributed by atoms with Gasteiger partial charge in [0.1, 0.15) is 0 Å². The Bertz CT molecular complexity index is 204. The van der Waals surface area contributed by atoms with Crippen LogP contribution in [0.4, 0.5) is 0 Å². The van der Waals surface area contributed by atoms with E-state index in [0.717, 1.165) is 12.0 Å². The molecular weight excluding hydrogens is 228 g/mol. The minimum absolute atomic E-state index is 0.813. The van der Waals surface area contributed by atoms with Crippen molar-refractivity contribution in [1.29, 1.82) is 0 Å². The quantitative estimate of drug-likeness (QED) is 0.814. The van der Waals surface area contributed by atoms with Gasteiger partial charge in [-0.3, -0.25) is 0 Å². The molecule has 2 unspecified atom stereocenters. The van der Waals surface area contributed by atoms with Gasteiger partial charge in [0.2, 0.25) is 0 Å². The van der Waals surface area contributed by atoms with Gasteiger partial charge < -0.3 is 10.2 Å². The molecule has 1 heterocycles. The predicted molar refractivity (Wildman–Crippen MR) is 77.8 cm³/mol. The molecule has 1 aliphatic heterocycles. The third-order valence-electron chi connectivity index (χ3n) is 4.32. The van der Waals surface area contributed by atoms with Crippen molar-refractivity contribution in [2.75, 3.05) is 37.7 Å². The largest absolute Gasteiger partial charge is 0.313 e. The lowest BCUT2D eigenvalue weighted by Crippen LogP contribution is -2.41. The highest BCUT2D eigenvalue weighted by molar-refractivity contribution is 7.99. The Labute approximate surface area is 111 Å². The fourth-order valence-electron chi connectivity index (χ4n) is 3.10. The molecule has 3 heteroatoms. The third-order valence-corrected chi connectivity index (χ3v) is 5.27. The van der Waals surface area contributed by atoms with Gasteiger partial charge in [-0.05, 0) is 18.8 Å². The van der Waals surface area contributed by atoms with Crippen LogP contribution < -0.4 is 5.32 Å². The first-order valence-electron chi connectivity index (χ1n) is 7.42. The second-order valence-corrected chi connectivity index (χ2v) is 6.77. The molecule has 0 aromatic rings. The zero-order valence-corrected chi connectivity index (χ0v) is 12.1. The highest BCUT2D eigenvalue weighted by Crippen LogP contribution is 2.26. The van der Waals surface area contributed by atoms with Crippen LogP contribution in [-0.4, -0.2) is 48.6 Å². The van der Waals surface area contributed by atoms with Gasteiger partial charge in [0.25, 0.3) is 0 Å². The van der Waals surface area contributed by atoms with Crippen LogP contribution in [0.15, 0.2) is 0 Å². The maximum Gasteiger partial charge on any atom is 0.0108 e. The van der Waals surface area contributed by atoms with E-state index < -0.39 is 0 Å². The number of rotatable bonds is 5. The second kappa shape index (κ2) is 7.65. The van der Waals surface area contributed by atoms with E-state index in [1.54, 1.807) is 0 Å². The average Bonchev–Trinajstić information content (AvgIpc) is 2.40. The molecule has 2 aliphatic rings. The maximum atomic E-state index is 3.78. The molecule has 17 heavy (non-hydrogen) atoms. The zero-order chi connectivity index (χ0) is 11.9. The van der Waals surface area contributed by atoms with Gasteiger partial charge in [-0.15, -0.1) is 0 Å². The monoisotopic (exact) mass is 256 g/mol. The predicted octanol–water partition coefficient (Wildman–Crippen LogP) is 2.59. The van der Waals surface area contributed by atoms with Crippen molar-refractivity contribution >= 4 is 11.8 Å². The Kier molecular flexibility index (Phi) is 6.16. The van der Waals surface area contributed by atoms with Crippen molar-refractivity contribution in [2.24, 2.45) is 5.92 Å². The molecule has 0 amide bonds. The molecule has 2 rings (SSSR count). The molecule has 0 aromatic carbocycles. The Hall–Kier alpha value is 0.270. The number of thioether (sulfide) groups is 1. The first kappa shape index (κ1) is 13.7. The summed E-state index contributed by atoms with van der Waals surface area (Å²) < 4.78 is 0. The molecule has 0 bridgehead atoms. The normalized spacial score (nSPS) is 31.6. The Morgan fingerprint density at radius 3 is 2.82 bits per heavy atom. The molecule has 0 spiro atoms. The Balaban J connectivity index is 1.57. The number of hydrogen-bond donors (Lipinski definition) is 1. The number of nitrogens with zero attached hydrogens (tertiary/aromatic N) is 1. The van der Waals surface area contributed by atoms with E-state index in [1.807, 2.05) is 0 Å². The minimum atomic E-state index is 0.813. The van der Waals surface area contributed by atoms with E-state index in [-0.39, 0.29) is 0 Å². The summed E-state index contributed by atoms with van der Waals surface area (Å²) in [5.74, 6) is 3.66. The zero-order valence-electron chi connectivity index (χ0n) is 11.3. The molecular formula is C14H28N2S. The van der Waals surface area contributed by atoms with Crippen LogP contribution >= 0.6 is 11.8 Å². The van der Waals surface area contributed by atoms with Crippen LogP contribution in [-0.2, 0) is 0 Å². The lowest BCUT2D eigenvalue weighted by atomic mass is 9.84. The molecule has 2 nitrogen and oxygen atoms in total. The fourth-order valence-corrected chi connectivity index (χ4v) is 4.08. The third kappa shape index (κ3) is 4.80. The van der Waals surface area contributed by atoms with Gasteiger partial charge in [-0.1, -0.05) is 26.2 Å². The van der Waals surface area contributed by atoms with E-state index in [9.17, 15) is 0 Å². The van der Waals surface area contributed by atoms with Gasteiger partial charge in [-0.2, -0.15) is 11.8 Å². The van der Waals surface area contributed by atoms with E-state index in [0.29, 0.717) is 0 Å². The van der Waals surface area contributed by atoms with E-state index in [1.165, 1.54) is 69.8 Å². The maximum absolute atomic E-state index is 3.78. The van der Waals surface area contributed by atoms with Crippen LogP contribution in [0.2, 0.25) is 0 Å². The summed E-state index contributed by atoms with van der Waals surface area (Å²) in [5, 5.41) is 3.78. The number of nitrogens with one attached hydrogen (secondary N) is 1. The van der Waals surface area contributed by atoms with Crippen molar-refractivity contribution in [3.63, 3.8) is 0 Å². The lowest BCUT2D eigenvalue weighted by Gasteiger charge is -2.31.